The predicted molar refractivity (Wildman–Crippen MR) is 76.1 cm³/mol. The topological polar surface area (TPSA) is 60.4 Å². The molecule has 0 bridgehead atoms. The molecule has 0 N–H and O–H groups in total. The number of nitro groups is 1. The Morgan fingerprint density at radius 2 is 2.15 bits per heavy atom. The molecule has 20 heavy (non-hydrogen) atoms. The van der Waals surface area contributed by atoms with Gasteiger partial charge in [-0.15, -0.1) is 0 Å². The molecule has 0 aliphatic rings. The minimum absolute atomic E-state index is 0.00579. The maximum absolute atomic E-state index is 10.7. The van der Waals surface area contributed by atoms with Crippen molar-refractivity contribution in [3.63, 3.8) is 0 Å². The van der Waals surface area contributed by atoms with E-state index < -0.39 is 4.92 Å². The first-order valence-electron chi connectivity index (χ1n) is 5.99. The molecule has 0 amide bonds. The third-order valence-corrected chi connectivity index (χ3v) is 3.38. The third kappa shape index (κ3) is 2.35. The van der Waals surface area contributed by atoms with Crippen LogP contribution in [0.15, 0.2) is 48.8 Å². The molecule has 1 aromatic carbocycles. The Hall–Kier alpha value is -2.40. The van der Waals surface area contributed by atoms with Gasteiger partial charge >= 0.3 is 0 Å². The van der Waals surface area contributed by atoms with E-state index in [0.717, 1.165) is 16.9 Å². The van der Waals surface area contributed by atoms with E-state index in [2.05, 4.69) is 4.98 Å². The summed E-state index contributed by atoms with van der Waals surface area (Å²) in [6, 6.07) is 10.3. The fraction of sp³-hybridized carbons (Fsp3) is 0.0714. The lowest BCUT2D eigenvalue weighted by molar-refractivity contribution is -0.384. The van der Waals surface area contributed by atoms with Gasteiger partial charge in [0.15, 0.2) is 0 Å². The minimum atomic E-state index is -0.458. The molecule has 0 spiro atoms. The summed E-state index contributed by atoms with van der Waals surface area (Å²) in [6.45, 7) is 0. The van der Waals surface area contributed by atoms with Crippen molar-refractivity contribution in [2.24, 2.45) is 0 Å². The zero-order valence-electron chi connectivity index (χ0n) is 10.4. The molecule has 6 heteroatoms. The van der Waals surface area contributed by atoms with Gasteiger partial charge in [-0.05, 0) is 17.7 Å². The highest BCUT2D eigenvalue weighted by Gasteiger charge is 2.11. The van der Waals surface area contributed by atoms with E-state index in [9.17, 15) is 10.1 Å². The van der Waals surface area contributed by atoms with Crippen LogP contribution in [0, 0.1) is 10.1 Å². The van der Waals surface area contributed by atoms with Gasteiger partial charge in [-0.1, -0.05) is 23.7 Å². The Bertz CT molecular complexity index is 765. The number of pyridine rings is 1. The van der Waals surface area contributed by atoms with E-state index >= 15 is 0 Å². The Kier molecular flexibility index (Phi) is 3.12. The van der Waals surface area contributed by atoms with Gasteiger partial charge in [0.2, 0.25) is 0 Å². The lowest BCUT2D eigenvalue weighted by Crippen LogP contribution is -1.92. The van der Waals surface area contributed by atoms with E-state index in [1.54, 1.807) is 6.07 Å². The quantitative estimate of drug-likeness (QED) is 0.547. The van der Waals surface area contributed by atoms with Crippen LogP contribution < -0.4 is 0 Å². The SMILES string of the molecule is O=[N+]([O-])c1ccc(Cc2cn3ccccc3n2)c(Cl)c1. The number of hydrogen-bond acceptors (Lipinski definition) is 3. The molecule has 5 nitrogen and oxygen atoms in total. The number of nitrogens with zero attached hydrogens (tertiary/aromatic N) is 3. The molecule has 0 fully saturated rings. The van der Waals surface area contributed by atoms with Gasteiger partial charge in [0.1, 0.15) is 5.65 Å². The number of imidazole rings is 1. The highest BCUT2D eigenvalue weighted by Crippen LogP contribution is 2.24. The smallest absolute Gasteiger partial charge is 0.270 e. The van der Waals surface area contributed by atoms with E-state index in [1.165, 1.54) is 12.1 Å². The minimum Gasteiger partial charge on any atom is -0.307 e. The average molecular weight is 288 g/mol. The first kappa shape index (κ1) is 12.6. The van der Waals surface area contributed by atoms with Crippen molar-refractivity contribution >= 4 is 22.9 Å². The number of fused-ring (bicyclic) bond motifs is 1. The van der Waals surface area contributed by atoms with Crippen LogP contribution in [0.4, 0.5) is 5.69 Å². The summed E-state index contributed by atoms with van der Waals surface area (Å²) in [5.74, 6) is 0. The third-order valence-electron chi connectivity index (χ3n) is 3.03. The van der Waals surface area contributed by atoms with Crippen LogP contribution in [0.2, 0.25) is 5.02 Å². The van der Waals surface area contributed by atoms with Gasteiger partial charge in [0, 0.05) is 30.9 Å². The van der Waals surface area contributed by atoms with E-state index in [1.807, 2.05) is 35.0 Å². The molecule has 3 rings (SSSR count). The van der Waals surface area contributed by atoms with Crippen molar-refractivity contribution in [3.05, 3.63) is 75.2 Å². The summed E-state index contributed by atoms with van der Waals surface area (Å²) < 4.78 is 1.93. The summed E-state index contributed by atoms with van der Waals surface area (Å²) in [5, 5.41) is 11.1. The number of rotatable bonds is 3. The Balaban J connectivity index is 1.92. The van der Waals surface area contributed by atoms with Crippen LogP contribution in [0.5, 0.6) is 0 Å². The molecule has 2 aromatic heterocycles. The monoisotopic (exact) mass is 287 g/mol. The van der Waals surface area contributed by atoms with E-state index in [-0.39, 0.29) is 5.69 Å². The number of non-ortho nitro benzene ring substituents is 1. The first-order chi connectivity index (χ1) is 9.63. The largest absolute Gasteiger partial charge is 0.307 e. The zero-order valence-corrected chi connectivity index (χ0v) is 11.1. The summed E-state index contributed by atoms with van der Waals surface area (Å²) >= 11 is 6.08. The number of benzene rings is 1. The number of aromatic nitrogens is 2. The van der Waals surface area contributed by atoms with E-state index in [4.69, 9.17) is 11.6 Å². The van der Waals surface area contributed by atoms with Crippen LogP contribution in [-0.2, 0) is 6.42 Å². The van der Waals surface area contributed by atoms with Crippen LogP contribution in [0.3, 0.4) is 0 Å². The molecule has 3 aromatic rings. The molecule has 0 radical (unpaired) electrons. The lowest BCUT2D eigenvalue weighted by Gasteiger charge is -2.01. The molecule has 0 aliphatic heterocycles. The van der Waals surface area contributed by atoms with Gasteiger partial charge in [-0.25, -0.2) is 4.98 Å². The second-order valence-corrected chi connectivity index (χ2v) is 4.82. The second-order valence-electron chi connectivity index (χ2n) is 4.41. The van der Waals surface area contributed by atoms with Gasteiger partial charge in [0.25, 0.3) is 5.69 Å². The molecule has 0 saturated heterocycles. The van der Waals surface area contributed by atoms with Crippen molar-refractivity contribution in [1.29, 1.82) is 0 Å². The first-order valence-corrected chi connectivity index (χ1v) is 6.37. The van der Waals surface area contributed by atoms with E-state index in [0.29, 0.717) is 11.4 Å². The molecular weight excluding hydrogens is 278 g/mol. The standard InChI is InChI=1S/C14H10ClN3O2/c15-13-8-12(18(19)20)5-4-10(13)7-11-9-17-6-2-1-3-14(17)16-11/h1-6,8-9H,7H2. The Labute approximate surface area is 119 Å². The predicted octanol–water partition coefficient (Wildman–Crippen LogP) is 3.49. The molecule has 100 valence electrons. The highest BCUT2D eigenvalue weighted by atomic mass is 35.5. The van der Waals surface area contributed by atoms with Gasteiger partial charge in [-0.3, -0.25) is 10.1 Å². The van der Waals surface area contributed by atoms with Crippen LogP contribution in [0.1, 0.15) is 11.3 Å². The van der Waals surface area contributed by atoms with Crippen LogP contribution in [-0.4, -0.2) is 14.3 Å². The second kappa shape index (κ2) is 4.94. The van der Waals surface area contributed by atoms with Gasteiger partial charge in [0.05, 0.1) is 15.6 Å². The summed E-state index contributed by atoms with van der Waals surface area (Å²) in [6.07, 6.45) is 4.38. The number of hydrogen-bond donors (Lipinski definition) is 0. The van der Waals surface area contributed by atoms with Gasteiger partial charge < -0.3 is 4.40 Å². The van der Waals surface area contributed by atoms with Crippen molar-refractivity contribution in [3.8, 4) is 0 Å². The van der Waals surface area contributed by atoms with Crippen molar-refractivity contribution in [2.75, 3.05) is 0 Å². The molecular formula is C14H10ClN3O2. The molecule has 2 heterocycles. The van der Waals surface area contributed by atoms with Crippen LogP contribution >= 0.6 is 11.6 Å². The fourth-order valence-corrected chi connectivity index (χ4v) is 2.30. The van der Waals surface area contributed by atoms with Crippen molar-refractivity contribution in [1.82, 2.24) is 9.38 Å². The number of nitro benzene ring substituents is 1. The Morgan fingerprint density at radius 1 is 1.30 bits per heavy atom. The number of halogens is 1. The van der Waals surface area contributed by atoms with Gasteiger partial charge in [-0.2, -0.15) is 0 Å². The van der Waals surface area contributed by atoms with Crippen molar-refractivity contribution < 1.29 is 4.92 Å². The fourth-order valence-electron chi connectivity index (χ4n) is 2.06. The summed E-state index contributed by atoms with van der Waals surface area (Å²) in [4.78, 5) is 14.7. The van der Waals surface area contributed by atoms with Crippen LogP contribution in [0.25, 0.3) is 5.65 Å². The Morgan fingerprint density at radius 3 is 2.85 bits per heavy atom. The highest BCUT2D eigenvalue weighted by molar-refractivity contribution is 6.31. The molecule has 0 unspecified atom stereocenters. The molecule has 0 saturated carbocycles. The maximum Gasteiger partial charge on any atom is 0.270 e. The molecule has 0 atom stereocenters. The molecule has 0 aliphatic carbocycles. The maximum atomic E-state index is 10.7. The normalized spacial score (nSPS) is 10.8. The summed E-state index contributed by atoms with van der Waals surface area (Å²) in [5.41, 5.74) is 2.54. The lowest BCUT2D eigenvalue weighted by atomic mass is 10.1. The van der Waals surface area contributed by atoms with Crippen molar-refractivity contribution in [2.45, 2.75) is 6.42 Å². The average Bonchev–Trinajstić information content (AvgIpc) is 2.83. The summed E-state index contributed by atoms with van der Waals surface area (Å²) in [7, 11) is 0. The zero-order chi connectivity index (χ0) is 14.1.